The van der Waals surface area contributed by atoms with Crippen molar-refractivity contribution in [3.63, 3.8) is 0 Å². The van der Waals surface area contributed by atoms with Crippen molar-refractivity contribution in [3.05, 3.63) is 24.3 Å². The molecule has 8 heteroatoms. The molecule has 0 aromatic heterocycles. The number of rotatable bonds is 7. The van der Waals surface area contributed by atoms with E-state index in [9.17, 15) is 13.2 Å². The van der Waals surface area contributed by atoms with E-state index in [4.69, 9.17) is 15.7 Å². The van der Waals surface area contributed by atoms with Crippen molar-refractivity contribution in [3.8, 4) is 11.8 Å². The van der Waals surface area contributed by atoms with Gasteiger partial charge in [0, 0.05) is 11.9 Å². The number of carbonyl (C=O) groups excluding carboxylic acids is 1. The zero-order chi connectivity index (χ0) is 15.9. The second kappa shape index (κ2) is 7.61. The maximum Gasteiger partial charge on any atom is 0.241 e. The molecule has 1 aromatic carbocycles. The number of anilines is 1. The van der Waals surface area contributed by atoms with Gasteiger partial charge in [0.05, 0.1) is 11.8 Å². The summed E-state index contributed by atoms with van der Waals surface area (Å²) >= 11 is 0. The topological polar surface area (TPSA) is 122 Å². The van der Waals surface area contributed by atoms with Crippen molar-refractivity contribution >= 4 is 21.4 Å². The SMILES string of the molecule is CS(=O)(=O)CCC(N)C(=O)Nc1ccc(OCC#N)cc1. The maximum absolute atomic E-state index is 11.8. The predicted octanol–water partition coefficient (Wildman–Crippen LogP) is 0.289. The molecule has 1 amide bonds. The Labute approximate surface area is 123 Å². The summed E-state index contributed by atoms with van der Waals surface area (Å²) in [6.45, 7) is -0.0535. The van der Waals surface area contributed by atoms with Crippen molar-refractivity contribution in [1.82, 2.24) is 0 Å². The molecule has 114 valence electrons. The largest absolute Gasteiger partial charge is 0.479 e. The lowest BCUT2D eigenvalue weighted by atomic mass is 10.2. The third-order valence-corrected chi connectivity index (χ3v) is 3.54. The van der Waals surface area contributed by atoms with E-state index < -0.39 is 21.8 Å². The molecule has 0 aliphatic carbocycles. The lowest BCUT2D eigenvalue weighted by Crippen LogP contribution is -2.37. The van der Waals surface area contributed by atoms with Crippen molar-refractivity contribution in [2.45, 2.75) is 12.5 Å². The smallest absolute Gasteiger partial charge is 0.241 e. The van der Waals surface area contributed by atoms with Crippen LogP contribution in [0.5, 0.6) is 5.75 Å². The number of amides is 1. The molecule has 0 spiro atoms. The Kier molecular flexibility index (Phi) is 6.14. The van der Waals surface area contributed by atoms with E-state index in [2.05, 4.69) is 5.32 Å². The van der Waals surface area contributed by atoms with E-state index >= 15 is 0 Å². The lowest BCUT2D eigenvalue weighted by molar-refractivity contribution is -0.117. The molecule has 21 heavy (non-hydrogen) atoms. The molecule has 7 nitrogen and oxygen atoms in total. The Balaban J connectivity index is 2.52. The van der Waals surface area contributed by atoms with Crippen molar-refractivity contribution in [2.24, 2.45) is 5.73 Å². The summed E-state index contributed by atoms with van der Waals surface area (Å²) in [5.41, 5.74) is 6.14. The molecule has 0 heterocycles. The van der Waals surface area contributed by atoms with Crippen molar-refractivity contribution in [2.75, 3.05) is 23.9 Å². The third kappa shape index (κ3) is 6.74. The molecule has 1 atom stereocenters. The second-order valence-corrected chi connectivity index (χ2v) is 6.75. The molecular weight excluding hydrogens is 294 g/mol. The molecule has 0 bridgehead atoms. The monoisotopic (exact) mass is 311 g/mol. The van der Waals surface area contributed by atoms with Crippen molar-refractivity contribution in [1.29, 1.82) is 5.26 Å². The second-order valence-electron chi connectivity index (χ2n) is 4.49. The van der Waals surface area contributed by atoms with Crippen LogP contribution in [0.25, 0.3) is 0 Å². The fraction of sp³-hybridized carbons (Fsp3) is 0.385. The first-order chi connectivity index (χ1) is 9.81. The van der Waals surface area contributed by atoms with Crippen LogP contribution in [0.3, 0.4) is 0 Å². The van der Waals surface area contributed by atoms with Gasteiger partial charge in [-0.1, -0.05) is 0 Å². The molecule has 0 saturated carbocycles. The minimum atomic E-state index is -3.14. The first-order valence-electron chi connectivity index (χ1n) is 6.16. The number of hydrogen-bond donors (Lipinski definition) is 2. The summed E-state index contributed by atoms with van der Waals surface area (Å²) in [6, 6.07) is 7.37. The first kappa shape index (κ1) is 16.9. The normalized spacial score (nSPS) is 12.2. The van der Waals surface area contributed by atoms with Gasteiger partial charge in [-0.15, -0.1) is 0 Å². The van der Waals surface area contributed by atoms with Gasteiger partial charge in [-0.3, -0.25) is 4.79 Å². The van der Waals surface area contributed by atoms with E-state index in [-0.39, 0.29) is 18.8 Å². The first-order valence-corrected chi connectivity index (χ1v) is 8.22. The highest BCUT2D eigenvalue weighted by molar-refractivity contribution is 7.90. The summed E-state index contributed by atoms with van der Waals surface area (Å²) < 4.78 is 27.1. The van der Waals surface area contributed by atoms with Gasteiger partial charge in [0.2, 0.25) is 5.91 Å². The van der Waals surface area contributed by atoms with Crippen LogP contribution in [0.15, 0.2) is 24.3 Å². The molecule has 0 aliphatic rings. The maximum atomic E-state index is 11.8. The van der Waals surface area contributed by atoms with Crippen LogP contribution in [-0.2, 0) is 14.6 Å². The molecule has 1 unspecified atom stereocenters. The van der Waals surface area contributed by atoms with E-state index in [1.54, 1.807) is 24.3 Å². The molecule has 1 rings (SSSR count). The molecule has 1 aromatic rings. The molecule has 0 fully saturated rings. The molecule has 0 aliphatic heterocycles. The number of hydrogen-bond acceptors (Lipinski definition) is 6. The Bertz CT molecular complexity index is 620. The molecule has 3 N–H and O–H groups in total. The number of nitriles is 1. The average Bonchev–Trinajstić information content (AvgIpc) is 2.43. The number of ether oxygens (including phenoxy) is 1. The van der Waals surface area contributed by atoms with Crippen molar-refractivity contribution < 1.29 is 17.9 Å². The summed E-state index contributed by atoms with van der Waals surface area (Å²) in [7, 11) is -3.14. The highest BCUT2D eigenvalue weighted by Crippen LogP contribution is 2.15. The Morgan fingerprint density at radius 3 is 2.57 bits per heavy atom. The minimum Gasteiger partial charge on any atom is -0.479 e. The van der Waals surface area contributed by atoms with Gasteiger partial charge in [0.15, 0.2) is 6.61 Å². The average molecular weight is 311 g/mol. The zero-order valence-corrected chi connectivity index (χ0v) is 12.4. The van der Waals surface area contributed by atoms with Gasteiger partial charge < -0.3 is 15.8 Å². The highest BCUT2D eigenvalue weighted by Gasteiger charge is 2.16. The van der Waals surface area contributed by atoms with E-state index in [0.717, 1.165) is 6.26 Å². The summed E-state index contributed by atoms with van der Waals surface area (Å²) in [5.74, 6) is -0.0806. The van der Waals surface area contributed by atoms with E-state index in [1.165, 1.54) is 0 Å². The number of benzene rings is 1. The quantitative estimate of drug-likeness (QED) is 0.746. The number of nitrogens with one attached hydrogen (secondary N) is 1. The van der Waals surface area contributed by atoms with Crippen LogP contribution in [0.2, 0.25) is 0 Å². The van der Waals surface area contributed by atoms with Gasteiger partial charge in [-0.05, 0) is 30.7 Å². The Hall–Kier alpha value is -2.11. The Morgan fingerprint density at radius 1 is 1.43 bits per heavy atom. The summed E-state index contributed by atoms with van der Waals surface area (Å²) in [5, 5.41) is 11.0. The van der Waals surface area contributed by atoms with Gasteiger partial charge >= 0.3 is 0 Å². The minimum absolute atomic E-state index is 0.0535. The molecule has 0 radical (unpaired) electrons. The summed E-state index contributed by atoms with van der Waals surface area (Å²) in [6.07, 6.45) is 1.16. The zero-order valence-electron chi connectivity index (χ0n) is 11.6. The van der Waals surface area contributed by atoms with Crippen LogP contribution >= 0.6 is 0 Å². The number of sulfone groups is 1. The summed E-state index contributed by atoms with van der Waals surface area (Å²) in [4.78, 5) is 11.8. The van der Waals surface area contributed by atoms with E-state index in [0.29, 0.717) is 11.4 Å². The van der Waals surface area contributed by atoms with Crippen LogP contribution in [0.4, 0.5) is 5.69 Å². The molecule has 0 saturated heterocycles. The van der Waals surface area contributed by atoms with Gasteiger partial charge in [0.1, 0.15) is 21.7 Å². The number of nitrogens with two attached hydrogens (primary N) is 1. The van der Waals surface area contributed by atoms with Gasteiger partial charge in [0.25, 0.3) is 0 Å². The predicted molar refractivity (Wildman–Crippen MR) is 78.5 cm³/mol. The van der Waals surface area contributed by atoms with Crippen LogP contribution in [-0.4, -0.2) is 39.0 Å². The standard InChI is InChI=1S/C13H17N3O4S/c1-21(18,19)9-6-12(15)13(17)16-10-2-4-11(5-3-10)20-8-7-14/h2-5,12H,6,8-9,15H2,1H3,(H,16,17). The van der Waals surface area contributed by atoms with Crippen LogP contribution in [0, 0.1) is 11.3 Å². The number of nitrogens with zero attached hydrogens (tertiary/aromatic N) is 1. The van der Waals surface area contributed by atoms with Gasteiger partial charge in [-0.25, -0.2) is 8.42 Å². The lowest BCUT2D eigenvalue weighted by Gasteiger charge is -2.12. The fourth-order valence-corrected chi connectivity index (χ4v) is 2.14. The fourth-order valence-electron chi connectivity index (χ4n) is 1.46. The molecular formula is C13H17N3O4S. The third-order valence-electron chi connectivity index (χ3n) is 2.56. The highest BCUT2D eigenvalue weighted by atomic mass is 32.2. The number of carbonyl (C=O) groups is 1. The Morgan fingerprint density at radius 2 is 2.05 bits per heavy atom. The van der Waals surface area contributed by atoms with E-state index in [1.807, 2.05) is 6.07 Å². The van der Waals surface area contributed by atoms with Crippen LogP contribution in [0.1, 0.15) is 6.42 Å². The van der Waals surface area contributed by atoms with Crippen LogP contribution < -0.4 is 15.8 Å². The van der Waals surface area contributed by atoms with Gasteiger partial charge in [-0.2, -0.15) is 5.26 Å².